The molecule has 2 aromatic rings. The van der Waals surface area contributed by atoms with Gasteiger partial charge in [0.05, 0.1) is 13.2 Å². The molecule has 1 aliphatic rings. The van der Waals surface area contributed by atoms with Crippen LogP contribution in [0.2, 0.25) is 0 Å². The highest BCUT2D eigenvalue weighted by atomic mass is 19.1. The summed E-state index contributed by atoms with van der Waals surface area (Å²) in [5.41, 5.74) is 0.772. The number of amides is 3. The Morgan fingerprint density at radius 1 is 1.03 bits per heavy atom. The highest BCUT2D eigenvalue weighted by Crippen LogP contribution is 2.23. The van der Waals surface area contributed by atoms with E-state index in [1.165, 1.54) is 29.2 Å². The fourth-order valence-corrected chi connectivity index (χ4v) is 2.98. The minimum atomic E-state index is -0.333. The van der Waals surface area contributed by atoms with Crippen LogP contribution in [0.25, 0.3) is 0 Å². The fraction of sp³-hybridized carbons (Fsp3) is 0.333. The molecule has 29 heavy (non-hydrogen) atoms. The topological polar surface area (TPSA) is 71.1 Å². The van der Waals surface area contributed by atoms with Crippen molar-refractivity contribution in [1.29, 1.82) is 0 Å². The number of ether oxygens (including phenoxy) is 2. The summed E-state index contributed by atoms with van der Waals surface area (Å²) < 4.78 is 23.7. The maximum absolute atomic E-state index is 12.8. The number of carbonyl (C=O) groups excluding carboxylic acids is 2. The number of benzene rings is 2. The number of nitrogens with one attached hydrogen (secondary N) is 1. The standard InChI is InChI=1S/C21H24FN3O4/c1-2-28-18-9-5-17(6-10-18)25-13-12-24(21(25)27)15-20(26)23-11-14-29-19-7-3-16(22)4-8-19/h3-10H,2,11-15H2,1H3,(H,23,26). The van der Waals surface area contributed by atoms with Crippen LogP contribution in [0.5, 0.6) is 11.5 Å². The Morgan fingerprint density at radius 2 is 1.69 bits per heavy atom. The van der Waals surface area contributed by atoms with Crippen LogP contribution in [0, 0.1) is 5.82 Å². The molecule has 0 aliphatic carbocycles. The van der Waals surface area contributed by atoms with Gasteiger partial charge in [0.1, 0.15) is 30.5 Å². The lowest BCUT2D eigenvalue weighted by Gasteiger charge is -2.18. The predicted octanol–water partition coefficient (Wildman–Crippen LogP) is 2.66. The SMILES string of the molecule is CCOc1ccc(N2CCN(CC(=O)NCCOc3ccc(F)cc3)C2=O)cc1. The lowest BCUT2D eigenvalue weighted by molar-refractivity contribution is -0.121. The van der Waals surface area contributed by atoms with Crippen molar-refractivity contribution in [1.82, 2.24) is 10.2 Å². The lowest BCUT2D eigenvalue weighted by Crippen LogP contribution is -2.41. The second kappa shape index (κ2) is 9.77. The first-order valence-corrected chi connectivity index (χ1v) is 9.51. The van der Waals surface area contributed by atoms with Gasteiger partial charge in [-0.25, -0.2) is 9.18 Å². The molecule has 1 saturated heterocycles. The molecule has 1 N–H and O–H groups in total. The molecule has 0 radical (unpaired) electrons. The van der Waals surface area contributed by atoms with E-state index in [1.807, 2.05) is 31.2 Å². The molecule has 3 rings (SSSR count). The Bertz CT molecular complexity index is 827. The van der Waals surface area contributed by atoms with Crippen LogP contribution in [-0.2, 0) is 4.79 Å². The summed E-state index contributed by atoms with van der Waals surface area (Å²) in [6.45, 7) is 4.03. The molecule has 0 bridgehead atoms. The zero-order valence-corrected chi connectivity index (χ0v) is 16.3. The third-order valence-electron chi connectivity index (χ3n) is 4.40. The quantitative estimate of drug-likeness (QED) is 0.656. The summed E-state index contributed by atoms with van der Waals surface area (Å²) in [6, 6.07) is 12.8. The molecule has 1 heterocycles. The van der Waals surface area contributed by atoms with Crippen LogP contribution < -0.4 is 19.7 Å². The molecule has 1 aliphatic heterocycles. The minimum Gasteiger partial charge on any atom is -0.494 e. The molecule has 8 heteroatoms. The van der Waals surface area contributed by atoms with E-state index in [1.54, 1.807) is 4.90 Å². The zero-order chi connectivity index (χ0) is 20.6. The van der Waals surface area contributed by atoms with E-state index in [0.717, 1.165) is 11.4 Å². The lowest BCUT2D eigenvalue weighted by atomic mass is 10.3. The summed E-state index contributed by atoms with van der Waals surface area (Å²) >= 11 is 0. The first-order valence-electron chi connectivity index (χ1n) is 9.51. The summed E-state index contributed by atoms with van der Waals surface area (Å²) in [6.07, 6.45) is 0. The van der Waals surface area contributed by atoms with Gasteiger partial charge in [-0.2, -0.15) is 0 Å². The first-order chi connectivity index (χ1) is 14.1. The molecular formula is C21H24FN3O4. The molecule has 3 amide bonds. The number of hydrogen-bond acceptors (Lipinski definition) is 4. The number of halogens is 1. The highest BCUT2D eigenvalue weighted by molar-refractivity contribution is 5.96. The fourth-order valence-electron chi connectivity index (χ4n) is 2.98. The smallest absolute Gasteiger partial charge is 0.325 e. The van der Waals surface area contributed by atoms with Gasteiger partial charge in [-0.15, -0.1) is 0 Å². The van der Waals surface area contributed by atoms with Gasteiger partial charge in [-0.1, -0.05) is 0 Å². The van der Waals surface area contributed by atoms with Gasteiger partial charge in [-0.05, 0) is 55.5 Å². The van der Waals surface area contributed by atoms with E-state index in [-0.39, 0.29) is 30.9 Å². The Balaban J connectivity index is 1.41. The van der Waals surface area contributed by atoms with E-state index in [0.29, 0.717) is 32.0 Å². The number of rotatable bonds is 9. The van der Waals surface area contributed by atoms with Gasteiger partial charge in [-0.3, -0.25) is 9.69 Å². The van der Waals surface area contributed by atoms with Crippen molar-refractivity contribution < 1.29 is 23.5 Å². The molecule has 0 spiro atoms. The molecule has 2 aromatic carbocycles. The van der Waals surface area contributed by atoms with E-state index < -0.39 is 0 Å². The number of hydrogen-bond donors (Lipinski definition) is 1. The van der Waals surface area contributed by atoms with Crippen molar-refractivity contribution >= 4 is 17.6 Å². The van der Waals surface area contributed by atoms with E-state index in [2.05, 4.69) is 5.32 Å². The van der Waals surface area contributed by atoms with Crippen molar-refractivity contribution in [3.8, 4) is 11.5 Å². The molecule has 0 atom stereocenters. The number of nitrogens with zero attached hydrogens (tertiary/aromatic N) is 2. The number of urea groups is 1. The molecule has 1 fully saturated rings. The zero-order valence-electron chi connectivity index (χ0n) is 16.3. The minimum absolute atomic E-state index is 0.0110. The van der Waals surface area contributed by atoms with E-state index >= 15 is 0 Å². The average molecular weight is 401 g/mol. The van der Waals surface area contributed by atoms with E-state index in [9.17, 15) is 14.0 Å². The second-order valence-electron chi connectivity index (χ2n) is 6.44. The molecule has 0 saturated carbocycles. The van der Waals surface area contributed by atoms with Gasteiger partial charge in [0.15, 0.2) is 0 Å². The van der Waals surface area contributed by atoms with E-state index in [4.69, 9.17) is 9.47 Å². The van der Waals surface area contributed by atoms with Gasteiger partial charge in [0.25, 0.3) is 0 Å². The van der Waals surface area contributed by atoms with Crippen molar-refractivity contribution in [2.24, 2.45) is 0 Å². The van der Waals surface area contributed by atoms with Gasteiger partial charge in [0.2, 0.25) is 5.91 Å². The normalized spacial score (nSPS) is 13.5. The maximum Gasteiger partial charge on any atom is 0.325 e. The highest BCUT2D eigenvalue weighted by Gasteiger charge is 2.30. The predicted molar refractivity (Wildman–Crippen MR) is 107 cm³/mol. The molecule has 154 valence electrons. The number of anilines is 1. The van der Waals surface area contributed by atoms with Crippen LogP contribution in [0.1, 0.15) is 6.92 Å². The molecule has 7 nitrogen and oxygen atoms in total. The second-order valence-corrected chi connectivity index (χ2v) is 6.44. The van der Waals surface area contributed by atoms with Gasteiger partial charge >= 0.3 is 6.03 Å². The van der Waals surface area contributed by atoms with Crippen LogP contribution >= 0.6 is 0 Å². The molecule has 0 unspecified atom stereocenters. The average Bonchev–Trinajstić information content (AvgIpc) is 3.08. The van der Waals surface area contributed by atoms with Crippen molar-refractivity contribution in [3.63, 3.8) is 0 Å². The Morgan fingerprint density at radius 3 is 2.38 bits per heavy atom. The van der Waals surface area contributed by atoms with Gasteiger partial charge < -0.3 is 19.7 Å². The Labute approximate surface area is 169 Å². The summed E-state index contributed by atoms with van der Waals surface area (Å²) in [5.74, 6) is 0.693. The molecular weight excluding hydrogens is 377 g/mol. The van der Waals surface area contributed by atoms with Crippen LogP contribution in [0.15, 0.2) is 48.5 Å². The Hall–Kier alpha value is -3.29. The monoisotopic (exact) mass is 401 g/mol. The van der Waals surface area contributed by atoms with Crippen molar-refractivity contribution in [2.45, 2.75) is 6.92 Å². The van der Waals surface area contributed by atoms with Gasteiger partial charge in [0, 0.05) is 18.8 Å². The summed E-state index contributed by atoms with van der Waals surface area (Å²) in [4.78, 5) is 27.8. The third kappa shape index (κ3) is 5.60. The first kappa shape index (κ1) is 20.4. The molecule has 0 aromatic heterocycles. The van der Waals surface area contributed by atoms with Crippen LogP contribution in [0.4, 0.5) is 14.9 Å². The Kier molecular flexibility index (Phi) is 6.89. The van der Waals surface area contributed by atoms with Crippen LogP contribution in [0.3, 0.4) is 0 Å². The van der Waals surface area contributed by atoms with Crippen molar-refractivity contribution in [2.75, 3.05) is 44.3 Å². The third-order valence-corrected chi connectivity index (χ3v) is 4.40. The summed E-state index contributed by atoms with van der Waals surface area (Å²) in [7, 11) is 0. The largest absolute Gasteiger partial charge is 0.494 e. The van der Waals surface area contributed by atoms with Crippen molar-refractivity contribution in [3.05, 3.63) is 54.3 Å². The number of carbonyl (C=O) groups is 2. The van der Waals surface area contributed by atoms with Crippen LogP contribution in [-0.4, -0.2) is 56.2 Å². The maximum atomic E-state index is 12.8. The summed E-state index contributed by atoms with van der Waals surface area (Å²) in [5, 5.41) is 2.72.